The molecule has 1 aromatic carbocycles. The maximum Gasteiger partial charge on any atom is 0.140 e. The zero-order valence-corrected chi connectivity index (χ0v) is 12.7. The Morgan fingerprint density at radius 1 is 1.47 bits per heavy atom. The maximum atomic E-state index is 9.88. The molecule has 1 rings (SSSR count). The molecule has 0 saturated carbocycles. The van der Waals surface area contributed by atoms with Gasteiger partial charge in [-0.1, -0.05) is 41.4 Å². The summed E-state index contributed by atoms with van der Waals surface area (Å²) in [6.45, 7) is 3.57. The third-order valence-electron chi connectivity index (χ3n) is 2.68. The molecule has 98 valence electrons. The third-order valence-corrected chi connectivity index (χ3v) is 3.67. The molecule has 0 aliphatic heterocycles. The highest BCUT2D eigenvalue weighted by Crippen LogP contribution is 2.42. The number of hydrogen-bond acceptors (Lipinski definition) is 3. The van der Waals surface area contributed by atoms with E-state index in [2.05, 4.69) is 15.9 Å². The van der Waals surface area contributed by atoms with Crippen molar-refractivity contribution in [3.63, 3.8) is 0 Å². The number of phenolic OH excluding ortho intramolecular Hbond substituents is 1. The van der Waals surface area contributed by atoms with Gasteiger partial charge in [0.1, 0.15) is 5.75 Å². The monoisotopic (exact) mass is 343 g/mol. The number of aliphatic hydroxyl groups excluding tert-OH is 1. The van der Waals surface area contributed by atoms with Crippen molar-refractivity contribution >= 4 is 39.9 Å². The molecule has 0 radical (unpaired) electrons. The molecule has 1 atom stereocenters. The Morgan fingerprint density at radius 2 is 2.00 bits per heavy atom. The largest absolute Gasteiger partial charge is 0.506 e. The van der Waals surface area contributed by atoms with Crippen LogP contribution in [0.3, 0.4) is 0 Å². The van der Waals surface area contributed by atoms with Crippen LogP contribution in [0.15, 0.2) is 16.6 Å². The second kappa shape index (κ2) is 6.25. The van der Waals surface area contributed by atoms with Crippen LogP contribution in [0, 0.1) is 5.41 Å². The van der Waals surface area contributed by atoms with Crippen LogP contribution in [-0.4, -0.2) is 16.8 Å². The minimum atomic E-state index is -0.537. The van der Waals surface area contributed by atoms with Crippen molar-refractivity contribution in [1.82, 2.24) is 0 Å². The molecule has 0 fully saturated rings. The Labute approximate surface area is 121 Å². The fourth-order valence-corrected chi connectivity index (χ4v) is 2.07. The Kier molecular flexibility index (Phi) is 6.25. The average Bonchev–Trinajstić information content (AvgIpc) is 2.24. The Hall–Kier alpha value is -0.000000000000000111. The molecule has 0 spiro atoms. The van der Waals surface area contributed by atoms with E-state index in [0.29, 0.717) is 10.0 Å². The summed E-state index contributed by atoms with van der Waals surface area (Å²) in [6.07, 6.45) is 0. The van der Waals surface area contributed by atoms with E-state index in [1.807, 2.05) is 13.8 Å². The predicted octanol–water partition coefficient (Wildman–Crippen LogP) is 3.25. The Bertz CT molecular complexity index is 399. The summed E-state index contributed by atoms with van der Waals surface area (Å²) in [7, 11) is 0. The van der Waals surface area contributed by atoms with E-state index in [1.165, 1.54) is 0 Å². The van der Waals surface area contributed by atoms with E-state index < -0.39 is 11.5 Å². The second-order valence-corrected chi connectivity index (χ2v) is 5.68. The smallest absolute Gasteiger partial charge is 0.140 e. The van der Waals surface area contributed by atoms with Crippen molar-refractivity contribution in [3.05, 3.63) is 27.2 Å². The molecule has 0 heterocycles. The van der Waals surface area contributed by atoms with Crippen LogP contribution >= 0.6 is 39.9 Å². The lowest BCUT2D eigenvalue weighted by Gasteiger charge is -2.31. The number of hydrogen-bond donors (Lipinski definition) is 3. The minimum Gasteiger partial charge on any atom is -0.506 e. The first kappa shape index (κ1) is 17.0. The predicted molar refractivity (Wildman–Crippen MR) is 75.9 cm³/mol. The van der Waals surface area contributed by atoms with Gasteiger partial charge in [-0.15, -0.1) is 12.4 Å². The highest BCUT2D eigenvalue weighted by molar-refractivity contribution is 9.10. The molecule has 0 amide bonds. The van der Waals surface area contributed by atoms with Crippen molar-refractivity contribution in [2.24, 2.45) is 11.1 Å². The van der Waals surface area contributed by atoms with Crippen molar-refractivity contribution in [3.8, 4) is 5.75 Å². The minimum absolute atomic E-state index is 0. The van der Waals surface area contributed by atoms with Crippen LogP contribution in [0.1, 0.15) is 25.5 Å². The molecular formula is C11H16BrCl2NO2. The van der Waals surface area contributed by atoms with Gasteiger partial charge in [0.05, 0.1) is 5.02 Å². The number of aromatic hydroxyl groups is 1. The third kappa shape index (κ3) is 3.48. The summed E-state index contributed by atoms with van der Waals surface area (Å²) in [5.74, 6) is -0.0370. The van der Waals surface area contributed by atoms with Crippen LogP contribution in [0.5, 0.6) is 5.75 Å². The van der Waals surface area contributed by atoms with Crippen LogP contribution in [0.2, 0.25) is 5.02 Å². The molecule has 0 saturated heterocycles. The lowest BCUT2D eigenvalue weighted by atomic mass is 9.81. The molecule has 1 aromatic rings. The van der Waals surface area contributed by atoms with Gasteiger partial charge >= 0.3 is 0 Å². The zero-order chi connectivity index (χ0) is 12.5. The van der Waals surface area contributed by atoms with E-state index in [9.17, 15) is 10.2 Å². The van der Waals surface area contributed by atoms with E-state index in [1.54, 1.807) is 12.1 Å². The van der Waals surface area contributed by atoms with E-state index >= 15 is 0 Å². The normalized spacial score (nSPS) is 13.1. The van der Waals surface area contributed by atoms with Gasteiger partial charge in [-0.3, -0.25) is 0 Å². The Balaban J connectivity index is 0.00000256. The summed E-state index contributed by atoms with van der Waals surface area (Å²) < 4.78 is 0.684. The van der Waals surface area contributed by atoms with E-state index in [0.717, 1.165) is 0 Å². The molecule has 6 heteroatoms. The fraction of sp³-hybridized carbons (Fsp3) is 0.455. The maximum absolute atomic E-state index is 9.88. The molecule has 0 aliphatic carbocycles. The van der Waals surface area contributed by atoms with E-state index in [-0.39, 0.29) is 29.8 Å². The van der Waals surface area contributed by atoms with Gasteiger partial charge in [0.2, 0.25) is 0 Å². The first-order chi connectivity index (χ1) is 7.31. The van der Waals surface area contributed by atoms with Crippen LogP contribution in [0.4, 0.5) is 0 Å². The summed E-state index contributed by atoms with van der Waals surface area (Å²) in [5.41, 5.74) is 6.03. The van der Waals surface area contributed by atoms with Crippen LogP contribution in [0.25, 0.3) is 0 Å². The topological polar surface area (TPSA) is 66.5 Å². The van der Waals surface area contributed by atoms with Crippen LogP contribution < -0.4 is 5.73 Å². The average molecular weight is 345 g/mol. The second-order valence-electron chi connectivity index (χ2n) is 4.42. The standard InChI is InChI=1S/C11H15BrClNO2.ClH/c1-11(2,5-15)10(14)8-6(12)3-4-7(13)9(8)16;/h3-4,10,15-16H,5,14H2,1-2H3;1H/t10-;/m0./s1. The molecule has 0 aliphatic rings. The zero-order valence-electron chi connectivity index (χ0n) is 9.58. The number of halogens is 3. The number of rotatable bonds is 3. The molecule has 0 aromatic heterocycles. The number of benzene rings is 1. The van der Waals surface area contributed by atoms with Crippen molar-refractivity contribution in [2.75, 3.05) is 6.61 Å². The van der Waals surface area contributed by atoms with Gasteiger partial charge in [0, 0.05) is 28.1 Å². The molecule has 3 nitrogen and oxygen atoms in total. The highest BCUT2D eigenvalue weighted by atomic mass is 79.9. The first-order valence-corrected chi connectivity index (χ1v) is 6.01. The van der Waals surface area contributed by atoms with Gasteiger partial charge in [0.25, 0.3) is 0 Å². The van der Waals surface area contributed by atoms with Crippen molar-refractivity contribution in [2.45, 2.75) is 19.9 Å². The van der Waals surface area contributed by atoms with Gasteiger partial charge in [0.15, 0.2) is 0 Å². The highest BCUT2D eigenvalue weighted by Gasteiger charge is 2.31. The van der Waals surface area contributed by atoms with Gasteiger partial charge in [-0.2, -0.15) is 0 Å². The Morgan fingerprint density at radius 3 is 2.47 bits per heavy atom. The quantitative estimate of drug-likeness (QED) is 0.788. The number of aliphatic hydroxyl groups is 1. The molecule has 0 unspecified atom stereocenters. The van der Waals surface area contributed by atoms with E-state index in [4.69, 9.17) is 17.3 Å². The molecule has 17 heavy (non-hydrogen) atoms. The number of nitrogens with two attached hydrogens (primary N) is 1. The fourth-order valence-electron chi connectivity index (χ4n) is 1.34. The van der Waals surface area contributed by atoms with Crippen LogP contribution in [-0.2, 0) is 0 Å². The van der Waals surface area contributed by atoms with Gasteiger partial charge in [-0.05, 0) is 12.1 Å². The van der Waals surface area contributed by atoms with Gasteiger partial charge in [-0.25, -0.2) is 0 Å². The molecular weight excluding hydrogens is 329 g/mol. The summed E-state index contributed by atoms with van der Waals surface area (Å²) in [6, 6.07) is 2.80. The first-order valence-electron chi connectivity index (χ1n) is 4.84. The molecule has 0 bridgehead atoms. The summed E-state index contributed by atoms with van der Waals surface area (Å²) in [4.78, 5) is 0. The molecule has 4 N–H and O–H groups in total. The lowest BCUT2D eigenvalue weighted by molar-refractivity contribution is 0.131. The summed E-state index contributed by atoms with van der Waals surface area (Å²) >= 11 is 9.16. The SMILES string of the molecule is CC(C)(CO)[C@@H](N)c1c(Br)ccc(Cl)c1O.Cl. The lowest BCUT2D eigenvalue weighted by Crippen LogP contribution is -2.32. The van der Waals surface area contributed by atoms with Gasteiger partial charge < -0.3 is 15.9 Å². The summed E-state index contributed by atoms with van der Waals surface area (Å²) in [5, 5.41) is 19.4. The number of phenols is 1. The van der Waals surface area contributed by atoms with Crippen molar-refractivity contribution < 1.29 is 10.2 Å². The van der Waals surface area contributed by atoms with Crippen molar-refractivity contribution in [1.29, 1.82) is 0 Å².